The molecular weight excluding hydrogens is 280 g/mol. The van der Waals surface area contributed by atoms with E-state index < -0.39 is 21.7 Å². The lowest BCUT2D eigenvalue weighted by molar-refractivity contribution is 0.0523. The number of rotatable bonds is 3. The van der Waals surface area contributed by atoms with Crippen LogP contribution < -0.4 is 10.5 Å². The Bertz CT molecular complexity index is 603. The number of alkyl carbamates (subject to hydrolysis) is 1. The Labute approximate surface area is 119 Å². The van der Waals surface area contributed by atoms with Crippen molar-refractivity contribution in [3.8, 4) is 0 Å². The largest absolute Gasteiger partial charge is 0.444 e. The van der Waals surface area contributed by atoms with Gasteiger partial charge in [-0.25, -0.2) is 18.4 Å². The lowest BCUT2D eigenvalue weighted by Crippen LogP contribution is -2.32. The van der Waals surface area contributed by atoms with Crippen molar-refractivity contribution in [1.29, 1.82) is 0 Å². The second-order valence-corrected chi connectivity index (χ2v) is 7.03. The fourth-order valence-electron chi connectivity index (χ4n) is 1.63. The van der Waals surface area contributed by atoms with E-state index in [4.69, 9.17) is 9.88 Å². The molecule has 3 N–H and O–H groups in total. The average molecular weight is 300 g/mol. The molecule has 1 rings (SSSR count). The zero-order chi connectivity index (χ0) is 15.6. The number of benzene rings is 1. The highest BCUT2D eigenvalue weighted by Gasteiger charge is 2.16. The minimum absolute atomic E-state index is 0.0820. The van der Waals surface area contributed by atoms with Gasteiger partial charge in [0.1, 0.15) is 5.60 Å². The molecule has 0 fully saturated rings. The zero-order valence-corrected chi connectivity index (χ0v) is 12.9. The number of amides is 1. The molecule has 0 bridgehead atoms. The molecule has 1 aromatic rings. The standard InChI is InChI=1S/C13H20N2O4S/c1-9-7-10(5-6-11(9)20(14,17)18)8-15-12(16)19-13(2,3)4/h5-7H,8H2,1-4H3,(H,15,16)(H2,14,17,18). The number of aryl methyl sites for hydroxylation is 1. The summed E-state index contributed by atoms with van der Waals surface area (Å²) >= 11 is 0. The normalized spacial score (nSPS) is 12.1. The summed E-state index contributed by atoms with van der Waals surface area (Å²) in [4.78, 5) is 11.6. The molecule has 0 heterocycles. The fraction of sp³-hybridized carbons (Fsp3) is 0.462. The molecule has 0 atom stereocenters. The van der Waals surface area contributed by atoms with Gasteiger partial charge in [0.05, 0.1) is 4.90 Å². The van der Waals surface area contributed by atoms with Crippen LogP contribution in [-0.2, 0) is 21.3 Å². The van der Waals surface area contributed by atoms with E-state index in [1.165, 1.54) is 6.07 Å². The number of hydrogen-bond donors (Lipinski definition) is 2. The smallest absolute Gasteiger partial charge is 0.407 e. The third-order valence-electron chi connectivity index (χ3n) is 2.38. The predicted molar refractivity (Wildman–Crippen MR) is 75.6 cm³/mol. The zero-order valence-electron chi connectivity index (χ0n) is 12.1. The Morgan fingerprint density at radius 3 is 2.40 bits per heavy atom. The molecule has 0 saturated heterocycles. The van der Waals surface area contributed by atoms with Gasteiger partial charge >= 0.3 is 6.09 Å². The van der Waals surface area contributed by atoms with Crippen LogP contribution in [0, 0.1) is 6.92 Å². The van der Waals surface area contributed by atoms with Gasteiger partial charge in [-0.1, -0.05) is 12.1 Å². The molecule has 0 saturated carbocycles. The second-order valence-electron chi connectivity index (χ2n) is 5.50. The van der Waals surface area contributed by atoms with Crippen molar-refractivity contribution in [1.82, 2.24) is 5.32 Å². The summed E-state index contributed by atoms with van der Waals surface area (Å²) < 4.78 is 27.7. The van der Waals surface area contributed by atoms with Crippen LogP contribution >= 0.6 is 0 Å². The summed E-state index contributed by atoms with van der Waals surface area (Å²) in [7, 11) is -3.72. The Kier molecular flexibility index (Phi) is 4.77. The number of hydrogen-bond acceptors (Lipinski definition) is 4. The molecule has 0 aliphatic carbocycles. The van der Waals surface area contributed by atoms with Crippen molar-refractivity contribution in [3.63, 3.8) is 0 Å². The molecule has 1 aromatic carbocycles. The summed E-state index contributed by atoms with van der Waals surface area (Å²) in [5, 5.41) is 7.68. The molecule has 20 heavy (non-hydrogen) atoms. The molecule has 0 aliphatic heterocycles. The van der Waals surface area contributed by atoms with E-state index in [2.05, 4.69) is 5.32 Å². The van der Waals surface area contributed by atoms with Crippen LogP contribution in [-0.4, -0.2) is 20.1 Å². The van der Waals surface area contributed by atoms with E-state index >= 15 is 0 Å². The fourth-order valence-corrected chi connectivity index (χ4v) is 2.39. The second kappa shape index (κ2) is 5.80. The van der Waals surface area contributed by atoms with E-state index in [0.29, 0.717) is 5.56 Å². The molecule has 0 unspecified atom stereocenters. The van der Waals surface area contributed by atoms with Crippen LogP contribution in [0.1, 0.15) is 31.9 Å². The van der Waals surface area contributed by atoms with E-state index in [-0.39, 0.29) is 11.4 Å². The molecular formula is C13H20N2O4S. The maximum Gasteiger partial charge on any atom is 0.407 e. The van der Waals surface area contributed by atoms with Gasteiger partial charge in [0.2, 0.25) is 10.0 Å². The lowest BCUT2D eigenvalue weighted by Gasteiger charge is -2.19. The molecule has 0 spiro atoms. The Hall–Kier alpha value is -1.60. The maximum absolute atomic E-state index is 11.5. The highest BCUT2D eigenvalue weighted by molar-refractivity contribution is 7.89. The first kappa shape index (κ1) is 16.5. The Morgan fingerprint density at radius 2 is 1.95 bits per heavy atom. The summed E-state index contributed by atoms with van der Waals surface area (Å²) in [5.74, 6) is 0. The van der Waals surface area contributed by atoms with Crippen molar-refractivity contribution in [2.45, 2.75) is 44.7 Å². The molecule has 1 amide bonds. The highest BCUT2D eigenvalue weighted by Crippen LogP contribution is 2.15. The van der Waals surface area contributed by atoms with Gasteiger partial charge in [0, 0.05) is 6.54 Å². The quantitative estimate of drug-likeness (QED) is 0.887. The van der Waals surface area contributed by atoms with Gasteiger partial charge in [-0.15, -0.1) is 0 Å². The van der Waals surface area contributed by atoms with Crippen molar-refractivity contribution >= 4 is 16.1 Å². The van der Waals surface area contributed by atoms with E-state index in [1.54, 1.807) is 39.8 Å². The topological polar surface area (TPSA) is 98.5 Å². The number of primary sulfonamides is 1. The first-order valence-corrected chi connectivity index (χ1v) is 7.63. The van der Waals surface area contributed by atoms with Crippen LogP contribution in [0.4, 0.5) is 4.79 Å². The number of sulfonamides is 1. The summed E-state index contributed by atoms with van der Waals surface area (Å²) in [5.41, 5.74) is 0.744. The molecule has 0 aliphatic rings. The number of nitrogens with two attached hydrogens (primary N) is 1. The number of nitrogens with one attached hydrogen (secondary N) is 1. The lowest BCUT2D eigenvalue weighted by atomic mass is 10.1. The minimum atomic E-state index is -3.72. The molecule has 7 heteroatoms. The number of carbonyl (C=O) groups excluding carboxylic acids is 1. The van der Waals surface area contributed by atoms with Crippen molar-refractivity contribution < 1.29 is 17.9 Å². The number of ether oxygens (including phenoxy) is 1. The van der Waals surface area contributed by atoms with Gasteiger partial charge in [0.15, 0.2) is 0 Å². The third kappa shape index (κ3) is 5.18. The van der Waals surface area contributed by atoms with Crippen LogP contribution in [0.25, 0.3) is 0 Å². The minimum Gasteiger partial charge on any atom is -0.444 e. The van der Waals surface area contributed by atoms with Gasteiger partial charge in [-0.3, -0.25) is 0 Å². The molecule has 6 nitrogen and oxygen atoms in total. The molecule has 0 radical (unpaired) electrons. The highest BCUT2D eigenvalue weighted by atomic mass is 32.2. The average Bonchev–Trinajstić information content (AvgIpc) is 2.22. The van der Waals surface area contributed by atoms with Crippen molar-refractivity contribution in [2.24, 2.45) is 5.14 Å². The Morgan fingerprint density at radius 1 is 1.35 bits per heavy atom. The van der Waals surface area contributed by atoms with Crippen molar-refractivity contribution in [2.75, 3.05) is 0 Å². The van der Waals surface area contributed by atoms with Crippen LogP contribution in [0.3, 0.4) is 0 Å². The molecule has 0 aromatic heterocycles. The summed E-state index contributed by atoms with van der Waals surface area (Å²) in [6.45, 7) is 7.23. The van der Waals surface area contributed by atoms with Gasteiger partial charge in [-0.2, -0.15) is 0 Å². The van der Waals surface area contributed by atoms with E-state index in [0.717, 1.165) is 5.56 Å². The van der Waals surface area contributed by atoms with Crippen LogP contribution in [0.2, 0.25) is 0 Å². The van der Waals surface area contributed by atoms with Gasteiger partial charge in [-0.05, 0) is 44.9 Å². The van der Waals surface area contributed by atoms with Gasteiger partial charge < -0.3 is 10.1 Å². The van der Waals surface area contributed by atoms with Gasteiger partial charge in [0.25, 0.3) is 0 Å². The van der Waals surface area contributed by atoms with E-state index in [1.807, 2.05) is 0 Å². The SMILES string of the molecule is Cc1cc(CNC(=O)OC(C)(C)C)ccc1S(N)(=O)=O. The van der Waals surface area contributed by atoms with E-state index in [9.17, 15) is 13.2 Å². The van der Waals surface area contributed by atoms with Crippen LogP contribution in [0.5, 0.6) is 0 Å². The third-order valence-corrected chi connectivity index (χ3v) is 3.45. The Balaban J connectivity index is 2.72. The van der Waals surface area contributed by atoms with Crippen LogP contribution in [0.15, 0.2) is 23.1 Å². The first-order chi connectivity index (χ1) is 8.99. The van der Waals surface area contributed by atoms with Crippen molar-refractivity contribution in [3.05, 3.63) is 29.3 Å². The summed E-state index contributed by atoms with van der Waals surface area (Å²) in [6, 6.07) is 4.69. The summed E-state index contributed by atoms with van der Waals surface area (Å²) in [6.07, 6.45) is -0.523. The monoisotopic (exact) mass is 300 g/mol. The predicted octanol–water partition coefficient (Wildman–Crippen LogP) is 1.67. The molecule has 112 valence electrons. The maximum atomic E-state index is 11.5. The first-order valence-electron chi connectivity index (χ1n) is 6.08. The number of carbonyl (C=O) groups is 1.